The average molecular weight is 299 g/mol. The van der Waals surface area contributed by atoms with E-state index >= 15 is 0 Å². The first-order valence-electron chi connectivity index (χ1n) is 5.42. The Bertz CT molecular complexity index is 831. The number of hydrogen-bond donors (Lipinski definition) is 1. The molecule has 0 bridgehead atoms. The van der Waals surface area contributed by atoms with Gasteiger partial charge in [-0.15, -0.1) is 0 Å². The number of imidazole rings is 1. The monoisotopic (exact) mass is 298 g/mol. The molecule has 0 amide bonds. The number of pyridine rings is 1. The minimum Gasteiger partial charge on any atom is -0.369 e. The molecule has 0 saturated heterocycles. The normalized spacial score (nSPS) is 11.2. The van der Waals surface area contributed by atoms with Crippen LogP contribution in [0.1, 0.15) is 0 Å². The van der Waals surface area contributed by atoms with Gasteiger partial charge < -0.3 is 5.73 Å². The lowest BCUT2D eigenvalue weighted by Crippen LogP contribution is -2.06. The fourth-order valence-corrected chi connectivity index (χ4v) is 2.05. The third-order valence-electron chi connectivity index (χ3n) is 2.70. The molecule has 0 aliphatic heterocycles. The van der Waals surface area contributed by atoms with E-state index < -0.39 is 23.1 Å². The molecule has 20 heavy (non-hydrogen) atoms. The molecule has 0 unspecified atom stereocenters. The topological polar surface area (TPSA) is 56.7 Å². The Labute approximate surface area is 115 Å². The molecule has 0 fully saturated rings. The summed E-state index contributed by atoms with van der Waals surface area (Å²) in [7, 11) is 0. The van der Waals surface area contributed by atoms with E-state index in [1.165, 1.54) is 12.3 Å². The predicted octanol–water partition coefficient (Wildman–Crippen LogP) is 3.07. The average Bonchev–Trinajstić information content (AvgIpc) is 2.69. The van der Waals surface area contributed by atoms with E-state index in [2.05, 4.69) is 9.97 Å². The molecule has 2 N–H and O–H groups in total. The van der Waals surface area contributed by atoms with Crippen LogP contribution in [0.25, 0.3) is 16.9 Å². The quantitative estimate of drug-likeness (QED) is 0.702. The van der Waals surface area contributed by atoms with Gasteiger partial charge in [0.05, 0.1) is 10.7 Å². The molecule has 0 aliphatic rings. The fraction of sp³-hybridized carbons (Fsp3) is 0. The summed E-state index contributed by atoms with van der Waals surface area (Å²) in [5, 5.41) is 0.313. The number of aromatic nitrogens is 3. The molecule has 8 heteroatoms. The number of benzene rings is 1. The van der Waals surface area contributed by atoms with Gasteiger partial charge in [0.2, 0.25) is 5.95 Å². The minimum absolute atomic E-state index is 0.149. The van der Waals surface area contributed by atoms with E-state index in [9.17, 15) is 13.2 Å². The van der Waals surface area contributed by atoms with Crippen molar-refractivity contribution in [1.82, 2.24) is 14.5 Å². The number of fused-ring (bicyclic) bond motifs is 1. The summed E-state index contributed by atoms with van der Waals surface area (Å²) in [6.07, 6.45) is 1.30. The van der Waals surface area contributed by atoms with Crippen molar-refractivity contribution in [2.45, 2.75) is 0 Å². The molecular weight excluding hydrogens is 293 g/mol. The standard InChI is InChI=1S/C12H6ClF3N4/c13-5-1-8-11(18-4-5)20(12(17)19-8)9-3-6(14)2-7(15)10(9)16/h1-4H,(H2,17,19). The van der Waals surface area contributed by atoms with Gasteiger partial charge in [-0.05, 0) is 6.07 Å². The Balaban J connectivity index is 2.38. The smallest absolute Gasteiger partial charge is 0.207 e. The van der Waals surface area contributed by atoms with E-state index in [1.54, 1.807) is 0 Å². The van der Waals surface area contributed by atoms with Crippen LogP contribution >= 0.6 is 11.6 Å². The first-order chi connectivity index (χ1) is 9.47. The molecule has 102 valence electrons. The van der Waals surface area contributed by atoms with Crippen LogP contribution in [0.3, 0.4) is 0 Å². The zero-order chi connectivity index (χ0) is 14.4. The van der Waals surface area contributed by atoms with Crippen LogP contribution in [0.4, 0.5) is 19.1 Å². The highest BCUT2D eigenvalue weighted by Crippen LogP contribution is 2.26. The summed E-state index contributed by atoms with van der Waals surface area (Å²) < 4.78 is 41.4. The zero-order valence-electron chi connectivity index (χ0n) is 9.74. The van der Waals surface area contributed by atoms with Crippen molar-refractivity contribution in [3.8, 4) is 5.69 Å². The number of halogens is 4. The first kappa shape index (κ1) is 12.7. The molecule has 2 heterocycles. The van der Waals surface area contributed by atoms with Crippen molar-refractivity contribution in [1.29, 1.82) is 0 Å². The SMILES string of the molecule is Nc1nc2cc(Cl)cnc2n1-c1cc(F)cc(F)c1F. The van der Waals surface area contributed by atoms with Crippen LogP contribution in [0.2, 0.25) is 5.02 Å². The van der Waals surface area contributed by atoms with Gasteiger partial charge in [-0.3, -0.25) is 4.57 Å². The number of nitrogen functional groups attached to an aromatic ring is 1. The van der Waals surface area contributed by atoms with Crippen LogP contribution in [-0.4, -0.2) is 14.5 Å². The van der Waals surface area contributed by atoms with Crippen molar-refractivity contribution in [2.75, 3.05) is 5.73 Å². The molecule has 4 nitrogen and oxygen atoms in total. The molecule has 1 aromatic carbocycles. The number of hydrogen-bond acceptors (Lipinski definition) is 3. The summed E-state index contributed by atoms with van der Waals surface area (Å²) in [5.41, 5.74) is 5.70. The minimum atomic E-state index is -1.32. The van der Waals surface area contributed by atoms with E-state index in [1.807, 2.05) is 0 Å². The van der Waals surface area contributed by atoms with Gasteiger partial charge in [0.1, 0.15) is 11.3 Å². The van der Waals surface area contributed by atoms with E-state index in [-0.39, 0.29) is 11.6 Å². The summed E-state index contributed by atoms with van der Waals surface area (Å²) in [6.45, 7) is 0. The zero-order valence-corrected chi connectivity index (χ0v) is 10.5. The Hall–Kier alpha value is -2.28. The molecule has 0 atom stereocenters. The molecule has 0 saturated carbocycles. The molecule has 0 radical (unpaired) electrons. The summed E-state index contributed by atoms with van der Waals surface area (Å²) in [5.74, 6) is -3.66. The lowest BCUT2D eigenvalue weighted by molar-refractivity contribution is 0.491. The second-order valence-corrected chi connectivity index (χ2v) is 4.46. The molecule has 2 aromatic heterocycles. The molecule has 3 aromatic rings. The maximum absolute atomic E-state index is 13.8. The Morgan fingerprint density at radius 2 is 1.90 bits per heavy atom. The largest absolute Gasteiger partial charge is 0.369 e. The first-order valence-corrected chi connectivity index (χ1v) is 5.79. The van der Waals surface area contributed by atoms with Crippen molar-refractivity contribution >= 4 is 28.7 Å². The Kier molecular flexibility index (Phi) is 2.79. The highest BCUT2D eigenvalue weighted by Gasteiger charge is 2.18. The van der Waals surface area contributed by atoms with Gasteiger partial charge in [-0.1, -0.05) is 11.6 Å². The number of anilines is 1. The van der Waals surface area contributed by atoms with E-state index in [0.29, 0.717) is 16.6 Å². The maximum atomic E-state index is 13.8. The highest BCUT2D eigenvalue weighted by atomic mass is 35.5. The van der Waals surface area contributed by atoms with Crippen LogP contribution < -0.4 is 5.73 Å². The summed E-state index contributed by atoms with van der Waals surface area (Å²) >= 11 is 5.76. The van der Waals surface area contributed by atoms with Crippen molar-refractivity contribution in [3.63, 3.8) is 0 Å². The molecule has 0 aliphatic carbocycles. The molecule has 0 spiro atoms. The van der Waals surface area contributed by atoms with E-state index in [0.717, 1.165) is 10.6 Å². The highest BCUT2D eigenvalue weighted by molar-refractivity contribution is 6.31. The van der Waals surface area contributed by atoms with Crippen LogP contribution in [0.5, 0.6) is 0 Å². The molecule has 3 rings (SSSR count). The predicted molar refractivity (Wildman–Crippen MR) is 68.2 cm³/mol. The maximum Gasteiger partial charge on any atom is 0.207 e. The van der Waals surface area contributed by atoms with Crippen molar-refractivity contribution in [2.24, 2.45) is 0 Å². The third-order valence-corrected chi connectivity index (χ3v) is 2.91. The van der Waals surface area contributed by atoms with Gasteiger partial charge in [-0.25, -0.2) is 23.1 Å². The van der Waals surface area contributed by atoms with Crippen molar-refractivity contribution in [3.05, 3.63) is 46.9 Å². The Morgan fingerprint density at radius 1 is 1.15 bits per heavy atom. The summed E-state index contributed by atoms with van der Waals surface area (Å²) in [6, 6.07) is 2.72. The second-order valence-electron chi connectivity index (χ2n) is 4.02. The van der Waals surface area contributed by atoms with Gasteiger partial charge in [-0.2, -0.15) is 0 Å². The van der Waals surface area contributed by atoms with E-state index in [4.69, 9.17) is 17.3 Å². The number of nitrogens with two attached hydrogens (primary N) is 1. The van der Waals surface area contributed by atoms with Gasteiger partial charge in [0.15, 0.2) is 17.3 Å². The van der Waals surface area contributed by atoms with Crippen molar-refractivity contribution < 1.29 is 13.2 Å². The van der Waals surface area contributed by atoms with Gasteiger partial charge >= 0.3 is 0 Å². The summed E-state index contributed by atoms with van der Waals surface area (Å²) in [4.78, 5) is 7.89. The third kappa shape index (κ3) is 1.87. The lowest BCUT2D eigenvalue weighted by Gasteiger charge is -2.08. The molecular formula is C12H6ClF3N4. The number of nitrogens with zero attached hydrogens (tertiary/aromatic N) is 3. The van der Waals surface area contributed by atoms with Gasteiger partial charge in [0.25, 0.3) is 0 Å². The van der Waals surface area contributed by atoms with Crippen LogP contribution in [-0.2, 0) is 0 Å². The lowest BCUT2D eigenvalue weighted by atomic mass is 10.2. The van der Waals surface area contributed by atoms with Crippen LogP contribution in [0.15, 0.2) is 24.4 Å². The number of rotatable bonds is 1. The fourth-order valence-electron chi connectivity index (χ4n) is 1.90. The van der Waals surface area contributed by atoms with Crippen LogP contribution in [0, 0.1) is 17.5 Å². The van der Waals surface area contributed by atoms with Gasteiger partial charge in [0, 0.05) is 18.3 Å². The Morgan fingerprint density at radius 3 is 2.65 bits per heavy atom. The second kappa shape index (κ2) is 4.38.